The predicted octanol–water partition coefficient (Wildman–Crippen LogP) is 4.82. The maximum atomic E-state index is 12.9. The number of carbonyl (C=O) groups is 3. The van der Waals surface area contributed by atoms with Gasteiger partial charge in [0, 0.05) is 27.9 Å². The van der Waals surface area contributed by atoms with Gasteiger partial charge in [0.1, 0.15) is 11.3 Å². The third kappa shape index (κ3) is 5.20. The SMILES string of the molecule is CC(C)(C)N(CC1CCC(C(=O)Nc2c(C(N)=O)oc3ccc(Br)cc23)CC1)C(=O)O. The van der Waals surface area contributed by atoms with Gasteiger partial charge in [-0.3, -0.25) is 9.59 Å². The predicted molar refractivity (Wildman–Crippen MR) is 121 cm³/mol. The van der Waals surface area contributed by atoms with E-state index < -0.39 is 17.5 Å². The molecule has 0 saturated heterocycles. The highest BCUT2D eigenvalue weighted by atomic mass is 79.9. The van der Waals surface area contributed by atoms with Gasteiger partial charge in [-0.05, 0) is 70.6 Å². The zero-order valence-corrected chi connectivity index (χ0v) is 19.5. The Kier molecular flexibility index (Phi) is 6.64. The van der Waals surface area contributed by atoms with Gasteiger partial charge in [0.05, 0.1) is 0 Å². The van der Waals surface area contributed by atoms with E-state index in [4.69, 9.17) is 10.2 Å². The number of halogens is 1. The minimum absolute atomic E-state index is 0.0718. The third-order valence-corrected chi connectivity index (χ3v) is 6.31. The second kappa shape index (κ2) is 8.90. The topological polar surface area (TPSA) is 126 Å². The Balaban J connectivity index is 1.68. The van der Waals surface area contributed by atoms with Crippen molar-refractivity contribution in [2.75, 3.05) is 11.9 Å². The average Bonchev–Trinajstić information content (AvgIpc) is 3.03. The molecule has 3 rings (SSSR count). The molecule has 0 radical (unpaired) electrons. The molecule has 1 saturated carbocycles. The molecule has 0 atom stereocenters. The summed E-state index contributed by atoms with van der Waals surface area (Å²) >= 11 is 3.39. The van der Waals surface area contributed by atoms with Crippen molar-refractivity contribution in [3.05, 3.63) is 28.4 Å². The van der Waals surface area contributed by atoms with Crippen LogP contribution in [0.25, 0.3) is 11.0 Å². The Morgan fingerprint density at radius 2 is 1.87 bits per heavy atom. The molecule has 3 amide bonds. The molecule has 2 aromatic rings. The summed E-state index contributed by atoms with van der Waals surface area (Å²) < 4.78 is 6.33. The van der Waals surface area contributed by atoms with Crippen LogP contribution in [0.15, 0.2) is 27.1 Å². The van der Waals surface area contributed by atoms with Gasteiger partial charge in [-0.2, -0.15) is 0 Å². The Hall–Kier alpha value is -2.55. The van der Waals surface area contributed by atoms with Crippen LogP contribution < -0.4 is 11.1 Å². The summed E-state index contributed by atoms with van der Waals surface area (Å²) in [7, 11) is 0. The minimum atomic E-state index is -0.927. The van der Waals surface area contributed by atoms with Gasteiger partial charge < -0.3 is 25.5 Å². The van der Waals surface area contributed by atoms with E-state index in [0.717, 1.165) is 17.3 Å². The number of carboxylic acid groups (broad SMARTS) is 1. The van der Waals surface area contributed by atoms with E-state index in [9.17, 15) is 19.5 Å². The van der Waals surface area contributed by atoms with Crippen LogP contribution in [0.4, 0.5) is 10.5 Å². The third-order valence-electron chi connectivity index (χ3n) is 5.82. The summed E-state index contributed by atoms with van der Waals surface area (Å²) in [6, 6.07) is 5.25. The van der Waals surface area contributed by atoms with Crippen molar-refractivity contribution in [2.45, 2.75) is 52.0 Å². The summed E-state index contributed by atoms with van der Waals surface area (Å²) in [5, 5.41) is 13.0. The Bertz CT molecular complexity index is 1000. The smallest absolute Gasteiger partial charge is 0.407 e. The van der Waals surface area contributed by atoms with Crippen LogP contribution in [0, 0.1) is 11.8 Å². The lowest BCUT2D eigenvalue weighted by atomic mass is 9.81. The number of anilines is 1. The molecule has 9 heteroatoms. The summed E-state index contributed by atoms with van der Waals surface area (Å²) in [6.45, 7) is 6.09. The van der Waals surface area contributed by atoms with Crippen molar-refractivity contribution in [3.63, 3.8) is 0 Å². The summed E-state index contributed by atoms with van der Waals surface area (Å²) in [5.41, 5.74) is 5.73. The second-order valence-electron chi connectivity index (χ2n) is 9.08. The van der Waals surface area contributed by atoms with Crippen molar-refractivity contribution in [1.29, 1.82) is 0 Å². The first-order valence-corrected chi connectivity index (χ1v) is 11.1. The fraction of sp³-hybridized carbons (Fsp3) is 0.500. The van der Waals surface area contributed by atoms with E-state index in [1.165, 1.54) is 4.90 Å². The molecule has 31 heavy (non-hydrogen) atoms. The molecular weight excluding hydrogens is 466 g/mol. The van der Waals surface area contributed by atoms with Crippen molar-refractivity contribution >= 4 is 50.5 Å². The average molecular weight is 494 g/mol. The molecule has 8 nitrogen and oxygen atoms in total. The Morgan fingerprint density at radius 1 is 1.23 bits per heavy atom. The van der Waals surface area contributed by atoms with Crippen LogP contribution in [0.2, 0.25) is 0 Å². The first-order valence-electron chi connectivity index (χ1n) is 10.3. The first-order chi connectivity index (χ1) is 14.5. The molecule has 1 aromatic heterocycles. The van der Waals surface area contributed by atoms with Gasteiger partial charge in [0.25, 0.3) is 5.91 Å². The minimum Gasteiger partial charge on any atom is -0.465 e. The maximum Gasteiger partial charge on any atom is 0.407 e. The highest BCUT2D eigenvalue weighted by Crippen LogP contribution is 2.35. The number of nitrogens with one attached hydrogen (secondary N) is 1. The van der Waals surface area contributed by atoms with Gasteiger partial charge >= 0.3 is 6.09 Å². The van der Waals surface area contributed by atoms with Crippen LogP contribution in [0.1, 0.15) is 57.0 Å². The van der Waals surface area contributed by atoms with Crippen LogP contribution in [0.3, 0.4) is 0 Å². The lowest BCUT2D eigenvalue weighted by Gasteiger charge is -2.37. The zero-order chi connectivity index (χ0) is 22.9. The number of furan rings is 1. The zero-order valence-electron chi connectivity index (χ0n) is 17.9. The number of nitrogens with zero attached hydrogens (tertiary/aromatic N) is 1. The summed E-state index contributed by atoms with van der Waals surface area (Å²) in [5.74, 6) is -1.01. The normalized spacial score (nSPS) is 19.2. The van der Waals surface area contributed by atoms with Crippen molar-refractivity contribution < 1.29 is 23.9 Å². The van der Waals surface area contributed by atoms with Gasteiger partial charge in [0.15, 0.2) is 0 Å². The van der Waals surface area contributed by atoms with E-state index in [0.29, 0.717) is 36.0 Å². The number of benzene rings is 1. The van der Waals surface area contributed by atoms with Gasteiger partial charge in [0.2, 0.25) is 11.7 Å². The van der Waals surface area contributed by atoms with Crippen LogP contribution >= 0.6 is 15.9 Å². The molecule has 0 unspecified atom stereocenters. The molecule has 0 aliphatic heterocycles. The Labute approximate surface area is 189 Å². The number of amides is 3. The highest BCUT2D eigenvalue weighted by Gasteiger charge is 2.33. The largest absolute Gasteiger partial charge is 0.465 e. The number of carbonyl (C=O) groups excluding carboxylic acids is 2. The van der Waals surface area contributed by atoms with E-state index in [2.05, 4.69) is 21.2 Å². The number of rotatable bonds is 5. The number of nitrogens with two attached hydrogens (primary N) is 1. The lowest BCUT2D eigenvalue weighted by Crippen LogP contribution is -2.47. The molecule has 168 valence electrons. The van der Waals surface area contributed by atoms with Crippen LogP contribution in [-0.4, -0.2) is 40.0 Å². The molecule has 1 aliphatic carbocycles. The molecule has 1 heterocycles. The Morgan fingerprint density at radius 3 is 2.42 bits per heavy atom. The van der Waals surface area contributed by atoms with E-state index >= 15 is 0 Å². The maximum absolute atomic E-state index is 12.9. The number of hydrogen-bond acceptors (Lipinski definition) is 4. The fourth-order valence-corrected chi connectivity index (χ4v) is 4.46. The first kappa shape index (κ1) is 23.1. The number of hydrogen-bond donors (Lipinski definition) is 3. The molecule has 1 aromatic carbocycles. The monoisotopic (exact) mass is 493 g/mol. The summed E-state index contributed by atoms with van der Waals surface area (Å²) in [4.78, 5) is 37.8. The molecule has 0 bridgehead atoms. The number of fused-ring (bicyclic) bond motifs is 1. The second-order valence-corrected chi connectivity index (χ2v) is 10.00. The van der Waals surface area contributed by atoms with E-state index in [1.54, 1.807) is 18.2 Å². The van der Waals surface area contributed by atoms with Gasteiger partial charge in [-0.15, -0.1) is 0 Å². The van der Waals surface area contributed by atoms with Crippen molar-refractivity contribution in [3.8, 4) is 0 Å². The van der Waals surface area contributed by atoms with E-state index in [1.807, 2.05) is 20.8 Å². The molecule has 1 aliphatic rings. The van der Waals surface area contributed by atoms with Crippen LogP contribution in [0.5, 0.6) is 0 Å². The highest BCUT2D eigenvalue weighted by molar-refractivity contribution is 9.10. The van der Waals surface area contributed by atoms with Crippen molar-refractivity contribution in [2.24, 2.45) is 17.6 Å². The standard InChI is InChI=1S/C22H28BrN3O5/c1-22(2,3)26(21(29)30)11-12-4-6-13(7-5-12)20(28)25-17-15-10-14(23)8-9-16(15)31-18(17)19(24)27/h8-10,12-13H,4-7,11H2,1-3H3,(H2,24,27)(H,25,28)(H,29,30). The molecule has 1 fully saturated rings. The fourth-order valence-electron chi connectivity index (χ4n) is 4.10. The van der Waals surface area contributed by atoms with Crippen LogP contribution in [-0.2, 0) is 4.79 Å². The van der Waals surface area contributed by atoms with Gasteiger partial charge in [-0.25, -0.2) is 4.79 Å². The molecular formula is C22H28BrN3O5. The van der Waals surface area contributed by atoms with E-state index in [-0.39, 0.29) is 23.5 Å². The van der Waals surface area contributed by atoms with Gasteiger partial charge in [-0.1, -0.05) is 15.9 Å². The molecule has 4 N–H and O–H groups in total. The number of primary amides is 1. The molecule has 0 spiro atoms. The lowest BCUT2D eigenvalue weighted by molar-refractivity contribution is -0.121. The summed E-state index contributed by atoms with van der Waals surface area (Å²) in [6.07, 6.45) is 1.90. The quantitative estimate of drug-likeness (QED) is 0.550. The van der Waals surface area contributed by atoms with Crippen molar-refractivity contribution in [1.82, 2.24) is 4.90 Å².